The van der Waals surface area contributed by atoms with Gasteiger partial charge in [-0.2, -0.15) is 0 Å². The summed E-state index contributed by atoms with van der Waals surface area (Å²) in [4.78, 5) is 10.1. The first-order valence-electron chi connectivity index (χ1n) is 2.29. The molecule has 0 spiro atoms. The van der Waals surface area contributed by atoms with E-state index in [0.29, 0.717) is 11.9 Å². The van der Waals surface area contributed by atoms with Gasteiger partial charge in [0, 0.05) is 13.2 Å². The maximum absolute atomic E-state index is 10.1. The Morgan fingerprint density at radius 2 is 2.33 bits per heavy atom. The third kappa shape index (κ3) is 3.03. The van der Waals surface area contributed by atoms with Gasteiger partial charge in [0.25, 0.3) is 0 Å². The first kappa shape index (κ1) is 8.36. The molecule has 0 aliphatic rings. The number of carbonyl (C=O) groups is 1. The average Bonchev–Trinajstić information content (AvgIpc) is 1.82. The van der Waals surface area contributed by atoms with Crippen LogP contribution in [0.1, 0.15) is 0 Å². The number of hydrogen-bond donors (Lipinski definition) is 2. The third-order valence-corrected chi connectivity index (χ3v) is 1.14. The monoisotopic (exact) mass is 190 g/mol. The fourth-order valence-electron chi connectivity index (χ4n) is 0.305. The second-order valence-corrected chi connectivity index (χ2v) is 2.11. The van der Waals surface area contributed by atoms with Crippen molar-refractivity contribution >= 4 is 26.8 Å². The molecule has 0 aromatic heterocycles. The molecule has 50 valence electrons. The van der Waals surface area contributed by atoms with E-state index in [1.54, 1.807) is 7.05 Å². The lowest BCUT2D eigenvalue weighted by molar-refractivity contribution is -0.104. The highest BCUT2D eigenvalue weighted by atomic mass is 79.9. The molecule has 0 unspecified atom stereocenters. The summed E-state index contributed by atoms with van der Waals surface area (Å²) in [6, 6.07) is 0. The number of carbonyl (C=O) groups excluding carboxylic acids is 1. The van der Waals surface area contributed by atoms with Crippen molar-refractivity contribution in [3.8, 4) is 0 Å². The van der Waals surface area contributed by atoms with Gasteiger partial charge in [0.1, 0.15) is 4.62 Å². The molecule has 3 nitrogen and oxygen atoms in total. The van der Waals surface area contributed by atoms with Crippen LogP contribution in [-0.4, -0.2) is 18.0 Å². The van der Waals surface area contributed by atoms with Crippen LogP contribution >= 0.6 is 15.9 Å². The fraction of sp³-hybridized carbons (Fsp3) is 0.200. The molecule has 2 N–H and O–H groups in total. The Kier molecular flexibility index (Phi) is 3.96. The Bertz CT molecular complexity index is 153. The van der Waals surface area contributed by atoms with Crippen molar-refractivity contribution < 1.29 is 4.79 Å². The van der Waals surface area contributed by atoms with Crippen LogP contribution in [-0.2, 0) is 4.79 Å². The minimum Gasteiger partial charge on any atom is -0.393 e. The first-order valence-corrected chi connectivity index (χ1v) is 3.08. The quantitative estimate of drug-likeness (QED) is 0.391. The number of allylic oxidation sites excluding steroid dienone is 1. The van der Waals surface area contributed by atoms with E-state index in [2.05, 4.69) is 21.2 Å². The molecule has 0 saturated carbocycles. The van der Waals surface area contributed by atoms with Gasteiger partial charge in [0.15, 0.2) is 6.29 Å². The molecule has 0 heterocycles. The van der Waals surface area contributed by atoms with Gasteiger partial charge in [-0.1, -0.05) is 0 Å². The van der Waals surface area contributed by atoms with Crippen molar-refractivity contribution in [2.75, 3.05) is 7.05 Å². The molecule has 0 aliphatic carbocycles. The first-order chi connectivity index (χ1) is 4.22. The van der Waals surface area contributed by atoms with Gasteiger partial charge in [-0.15, -0.1) is 0 Å². The third-order valence-electron chi connectivity index (χ3n) is 0.680. The van der Waals surface area contributed by atoms with Gasteiger partial charge < -0.3 is 5.32 Å². The zero-order chi connectivity index (χ0) is 7.28. The lowest BCUT2D eigenvalue weighted by atomic mass is 10.3. The normalized spacial score (nSPS) is 10.7. The molecular weight excluding hydrogens is 184 g/mol. The topological polar surface area (TPSA) is 53.0 Å². The Hall–Kier alpha value is -0.640. The number of hydrogen-bond acceptors (Lipinski definition) is 3. The van der Waals surface area contributed by atoms with Crippen molar-refractivity contribution in [1.29, 1.82) is 5.41 Å². The van der Waals surface area contributed by atoms with Gasteiger partial charge in [0.05, 0.1) is 5.57 Å². The lowest BCUT2D eigenvalue weighted by Gasteiger charge is -1.91. The van der Waals surface area contributed by atoms with E-state index in [1.165, 1.54) is 6.20 Å². The number of rotatable bonds is 3. The summed E-state index contributed by atoms with van der Waals surface area (Å²) < 4.78 is 0.0897. The van der Waals surface area contributed by atoms with Crippen LogP contribution in [0.5, 0.6) is 0 Å². The maximum Gasteiger partial charge on any atom is 0.154 e. The van der Waals surface area contributed by atoms with Crippen molar-refractivity contribution in [1.82, 2.24) is 5.32 Å². The minimum atomic E-state index is 0.0897. The summed E-state index contributed by atoms with van der Waals surface area (Å²) in [5.41, 5.74) is 0.303. The molecule has 0 rings (SSSR count). The summed E-state index contributed by atoms with van der Waals surface area (Å²) in [5.74, 6) is 0. The molecule has 0 radical (unpaired) electrons. The van der Waals surface area contributed by atoms with Crippen LogP contribution in [0.3, 0.4) is 0 Å². The summed E-state index contributed by atoms with van der Waals surface area (Å²) in [6.07, 6.45) is 2.05. The molecule has 0 fully saturated rings. The van der Waals surface area contributed by atoms with Gasteiger partial charge in [-0.05, 0) is 15.9 Å². The van der Waals surface area contributed by atoms with Gasteiger partial charge in [-0.3, -0.25) is 10.2 Å². The smallest absolute Gasteiger partial charge is 0.154 e. The zero-order valence-corrected chi connectivity index (χ0v) is 6.53. The molecule has 0 saturated heterocycles. The number of aldehydes is 1. The van der Waals surface area contributed by atoms with Gasteiger partial charge >= 0.3 is 0 Å². The van der Waals surface area contributed by atoms with Crippen LogP contribution in [0.15, 0.2) is 11.8 Å². The largest absolute Gasteiger partial charge is 0.393 e. The second kappa shape index (κ2) is 4.26. The predicted molar refractivity (Wildman–Crippen MR) is 39.9 cm³/mol. The molecule has 0 atom stereocenters. The molecule has 0 aromatic carbocycles. The SMILES string of the molecule is CN/C=C(/C=O)C(=N)Br. The van der Waals surface area contributed by atoms with Crippen LogP contribution in [0.25, 0.3) is 0 Å². The molecule has 0 amide bonds. The molecule has 9 heavy (non-hydrogen) atoms. The Morgan fingerprint density at radius 1 is 1.78 bits per heavy atom. The fourth-order valence-corrected chi connectivity index (χ4v) is 0.513. The van der Waals surface area contributed by atoms with Crippen molar-refractivity contribution in [2.24, 2.45) is 0 Å². The van der Waals surface area contributed by atoms with Crippen LogP contribution in [0, 0.1) is 5.41 Å². The second-order valence-electron chi connectivity index (χ2n) is 1.32. The average molecular weight is 191 g/mol. The molecular formula is C5H7BrN2O. The van der Waals surface area contributed by atoms with Gasteiger partial charge in [0.2, 0.25) is 0 Å². The van der Waals surface area contributed by atoms with E-state index in [4.69, 9.17) is 5.41 Å². The predicted octanol–water partition coefficient (Wildman–Crippen LogP) is 0.661. The molecule has 0 bridgehead atoms. The number of halogens is 1. The van der Waals surface area contributed by atoms with E-state index < -0.39 is 0 Å². The van der Waals surface area contributed by atoms with Crippen molar-refractivity contribution in [3.05, 3.63) is 11.8 Å². The van der Waals surface area contributed by atoms with Crippen LogP contribution in [0.4, 0.5) is 0 Å². The molecule has 4 heteroatoms. The highest BCUT2D eigenvalue weighted by molar-refractivity contribution is 9.18. The Labute approximate surface area is 61.8 Å². The molecule has 0 aromatic rings. The summed E-state index contributed by atoms with van der Waals surface area (Å²) in [7, 11) is 1.67. The Morgan fingerprint density at radius 3 is 2.44 bits per heavy atom. The van der Waals surface area contributed by atoms with Crippen molar-refractivity contribution in [3.63, 3.8) is 0 Å². The highest BCUT2D eigenvalue weighted by Crippen LogP contribution is 1.96. The van der Waals surface area contributed by atoms with Gasteiger partial charge in [-0.25, -0.2) is 0 Å². The van der Waals surface area contributed by atoms with E-state index in [0.717, 1.165) is 0 Å². The van der Waals surface area contributed by atoms with E-state index >= 15 is 0 Å². The van der Waals surface area contributed by atoms with Crippen LogP contribution < -0.4 is 5.32 Å². The van der Waals surface area contributed by atoms with Crippen LogP contribution in [0.2, 0.25) is 0 Å². The number of nitrogens with one attached hydrogen (secondary N) is 2. The molecule has 0 aliphatic heterocycles. The summed E-state index contributed by atoms with van der Waals surface area (Å²) in [6.45, 7) is 0. The van der Waals surface area contributed by atoms with Crippen molar-refractivity contribution in [2.45, 2.75) is 0 Å². The Balaban J connectivity index is 4.14. The zero-order valence-electron chi connectivity index (χ0n) is 4.94. The van der Waals surface area contributed by atoms with E-state index in [1.807, 2.05) is 0 Å². The summed E-state index contributed by atoms with van der Waals surface area (Å²) >= 11 is 2.85. The maximum atomic E-state index is 10.1. The van der Waals surface area contributed by atoms with E-state index in [9.17, 15) is 4.79 Å². The lowest BCUT2D eigenvalue weighted by Crippen LogP contribution is -2.01. The van der Waals surface area contributed by atoms with E-state index in [-0.39, 0.29) is 4.62 Å². The highest BCUT2D eigenvalue weighted by Gasteiger charge is 1.96. The summed E-state index contributed by atoms with van der Waals surface area (Å²) in [5, 5.41) is 9.57. The standard InChI is InChI=1S/C5H7BrN2O/c1-8-2-4(3-9)5(6)7/h2-3,7-8H,1H3/b4-2-,7-5?. The minimum absolute atomic E-state index is 0.0897.